The second-order valence-electron chi connectivity index (χ2n) is 19.0. The summed E-state index contributed by atoms with van der Waals surface area (Å²) in [7, 11) is 0. The molecule has 0 atom stereocenters. The minimum atomic E-state index is -0.150. The summed E-state index contributed by atoms with van der Waals surface area (Å²) < 4.78 is 7.56. The molecule has 0 saturated carbocycles. The van der Waals surface area contributed by atoms with Gasteiger partial charge in [0.05, 0.1) is 50.2 Å². The average molecular weight is 806 g/mol. The molecule has 0 N–H and O–H groups in total. The number of rotatable bonds is 3. The normalized spacial score (nSPS) is 14.6. The van der Waals surface area contributed by atoms with E-state index in [-0.39, 0.29) is 10.8 Å². The van der Waals surface area contributed by atoms with Gasteiger partial charge in [0.2, 0.25) is 0 Å². The zero-order chi connectivity index (χ0) is 41.9. The van der Waals surface area contributed by atoms with Crippen molar-refractivity contribution in [2.75, 3.05) is 0 Å². The standard InChI is InChI=1S/C60H43N3/c1-59(2)49-23-11-5-17-39(49)45-32-47-48-33-46-40-18-6-12-24-50(40)60(3,4)52(46)35-58(48)63(57(47)34-51(45)59)38-30-36(61-53-25-13-7-19-41(53)42-20-8-14-26-54(42)61)29-37(31-38)62-55-27-15-9-21-43(55)44-22-10-16-28-56(44)62/h5-35H,1-4H3. The number of nitrogens with zero attached hydrogens (tertiary/aromatic N) is 3. The number of hydrogen-bond donors (Lipinski definition) is 0. The summed E-state index contributed by atoms with van der Waals surface area (Å²) >= 11 is 0. The van der Waals surface area contributed by atoms with Gasteiger partial charge in [0.25, 0.3) is 0 Å². The minimum absolute atomic E-state index is 0.150. The molecule has 12 aromatic rings. The lowest BCUT2D eigenvalue weighted by Gasteiger charge is -2.22. The van der Waals surface area contributed by atoms with Crippen LogP contribution in [0.2, 0.25) is 0 Å². The van der Waals surface area contributed by atoms with Crippen molar-refractivity contribution in [1.29, 1.82) is 0 Å². The molecule has 298 valence electrons. The number of para-hydroxylation sites is 4. The highest BCUT2D eigenvalue weighted by molar-refractivity contribution is 6.15. The lowest BCUT2D eigenvalue weighted by Crippen LogP contribution is -2.15. The van der Waals surface area contributed by atoms with Crippen molar-refractivity contribution in [3.8, 4) is 39.3 Å². The molecule has 0 aliphatic heterocycles. The summed E-state index contributed by atoms with van der Waals surface area (Å²) in [6.07, 6.45) is 0. The topological polar surface area (TPSA) is 14.8 Å². The Bertz CT molecular complexity index is 3620. The van der Waals surface area contributed by atoms with Crippen LogP contribution in [0.4, 0.5) is 0 Å². The van der Waals surface area contributed by atoms with E-state index in [1.165, 1.54) is 110 Å². The number of hydrogen-bond acceptors (Lipinski definition) is 0. The van der Waals surface area contributed by atoms with Crippen LogP contribution in [-0.2, 0) is 10.8 Å². The molecule has 0 amide bonds. The second-order valence-corrected chi connectivity index (χ2v) is 19.0. The van der Waals surface area contributed by atoms with Crippen LogP contribution in [0.15, 0.2) is 188 Å². The van der Waals surface area contributed by atoms with Crippen molar-refractivity contribution in [2.24, 2.45) is 0 Å². The van der Waals surface area contributed by atoms with Crippen molar-refractivity contribution in [3.05, 3.63) is 210 Å². The van der Waals surface area contributed by atoms with Crippen LogP contribution in [0.25, 0.3) is 105 Å². The molecule has 9 aromatic carbocycles. The van der Waals surface area contributed by atoms with Gasteiger partial charge in [-0.05, 0) is 111 Å². The van der Waals surface area contributed by atoms with Crippen molar-refractivity contribution < 1.29 is 0 Å². The molecule has 0 fully saturated rings. The fourth-order valence-corrected chi connectivity index (χ4v) is 12.1. The molecule has 0 saturated heterocycles. The van der Waals surface area contributed by atoms with E-state index in [0.29, 0.717) is 0 Å². The third-order valence-corrected chi connectivity index (χ3v) is 15.0. The largest absolute Gasteiger partial charge is 0.309 e. The van der Waals surface area contributed by atoms with Crippen molar-refractivity contribution in [3.63, 3.8) is 0 Å². The van der Waals surface area contributed by atoms with E-state index < -0.39 is 0 Å². The maximum atomic E-state index is 2.60. The molecule has 2 aliphatic rings. The van der Waals surface area contributed by atoms with Crippen LogP contribution in [-0.4, -0.2) is 13.7 Å². The first-order valence-electron chi connectivity index (χ1n) is 22.3. The third-order valence-electron chi connectivity index (χ3n) is 15.0. The molecule has 0 bridgehead atoms. The van der Waals surface area contributed by atoms with E-state index in [1.807, 2.05) is 0 Å². The van der Waals surface area contributed by atoms with Crippen molar-refractivity contribution >= 4 is 65.4 Å². The second kappa shape index (κ2) is 12.1. The highest BCUT2D eigenvalue weighted by Crippen LogP contribution is 2.54. The van der Waals surface area contributed by atoms with E-state index in [0.717, 1.165) is 17.1 Å². The number of benzene rings is 9. The zero-order valence-corrected chi connectivity index (χ0v) is 35.7. The Labute approximate surface area is 365 Å². The monoisotopic (exact) mass is 805 g/mol. The molecular weight excluding hydrogens is 763 g/mol. The van der Waals surface area contributed by atoms with Gasteiger partial charge in [-0.3, -0.25) is 0 Å². The smallest absolute Gasteiger partial charge is 0.0544 e. The van der Waals surface area contributed by atoms with Crippen LogP contribution in [0, 0.1) is 0 Å². The van der Waals surface area contributed by atoms with E-state index in [4.69, 9.17) is 0 Å². The summed E-state index contributed by atoms with van der Waals surface area (Å²) in [4.78, 5) is 0. The van der Waals surface area contributed by atoms with Crippen molar-refractivity contribution in [2.45, 2.75) is 38.5 Å². The van der Waals surface area contributed by atoms with E-state index in [2.05, 4.69) is 229 Å². The molecule has 3 aromatic heterocycles. The first-order chi connectivity index (χ1) is 30.8. The Hall–Kier alpha value is -7.62. The van der Waals surface area contributed by atoms with Crippen LogP contribution >= 0.6 is 0 Å². The fraction of sp³-hybridized carbons (Fsp3) is 0.100. The van der Waals surface area contributed by atoms with Crippen LogP contribution in [0.3, 0.4) is 0 Å². The predicted octanol–water partition coefficient (Wildman–Crippen LogP) is 15.6. The Morgan fingerprint density at radius 3 is 0.921 bits per heavy atom. The maximum Gasteiger partial charge on any atom is 0.0544 e. The van der Waals surface area contributed by atoms with Gasteiger partial charge in [0, 0.05) is 43.1 Å². The van der Waals surface area contributed by atoms with Gasteiger partial charge < -0.3 is 13.7 Å². The SMILES string of the molecule is CC1(C)c2ccccc2-c2cc3c4cc5c(cc4n(-c4cc(-n6c7ccccc7c7ccccc76)cc(-n6c7ccccc7c7ccccc76)c4)c3cc21)C(C)(C)c1ccccc1-5. The summed E-state index contributed by atoms with van der Waals surface area (Å²) in [5.74, 6) is 0. The van der Waals surface area contributed by atoms with E-state index in [9.17, 15) is 0 Å². The first kappa shape index (κ1) is 35.0. The molecule has 0 unspecified atom stereocenters. The summed E-state index contributed by atoms with van der Waals surface area (Å²) in [5, 5.41) is 7.57. The quantitative estimate of drug-likeness (QED) is 0.169. The molecule has 63 heavy (non-hydrogen) atoms. The molecule has 14 rings (SSSR count). The third kappa shape index (κ3) is 4.49. The van der Waals surface area contributed by atoms with Gasteiger partial charge in [-0.25, -0.2) is 0 Å². The van der Waals surface area contributed by atoms with Crippen LogP contribution in [0.1, 0.15) is 49.9 Å². The highest BCUT2D eigenvalue weighted by atomic mass is 15.0. The van der Waals surface area contributed by atoms with Gasteiger partial charge in [-0.2, -0.15) is 0 Å². The Morgan fingerprint density at radius 1 is 0.254 bits per heavy atom. The molecule has 3 heteroatoms. The van der Waals surface area contributed by atoms with Gasteiger partial charge in [-0.15, -0.1) is 0 Å². The maximum absolute atomic E-state index is 2.60. The Morgan fingerprint density at radius 2 is 0.556 bits per heavy atom. The fourth-order valence-electron chi connectivity index (χ4n) is 12.1. The van der Waals surface area contributed by atoms with E-state index in [1.54, 1.807) is 0 Å². The zero-order valence-electron chi connectivity index (χ0n) is 35.7. The summed E-state index contributed by atoms with van der Waals surface area (Å²) in [5.41, 5.74) is 21.2. The van der Waals surface area contributed by atoms with Gasteiger partial charge in [0.1, 0.15) is 0 Å². The first-order valence-corrected chi connectivity index (χ1v) is 22.3. The Kier molecular flexibility index (Phi) is 6.70. The average Bonchev–Trinajstić information content (AvgIpc) is 4.05. The Balaban J connectivity index is 1.16. The molecular formula is C60H43N3. The minimum Gasteiger partial charge on any atom is -0.309 e. The van der Waals surface area contributed by atoms with Crippen LogP contribution < -0.4 is 0 Å². The van der Waals surface area contributed by atoms with Crippen LogP contribution in [0.5, 0.6) is 0 Å². The predicted molar refractivity (Wildman–Crippen MR) is 265 cm³/mol. The lowest BCUT2D eigenvalue weighted by atomic mass is 9.82. The summed E-state index contributed by atoms with van der Waals surface area (Å²) in [6, 6.07) is 70.9. The summed E-state index contributed by atoms with van der Waals surface area (Å²) in [6.45, 7) is 9.59. The number of aromatic nitrogens is 3. The molecule has 2 aliphatic carbocycles. The van der Waals surface area contributed by atoms with E-state index >= 15 is 0 Å². The molecule has 3 heterocycles. The molecule has 0 radical (unpaired) electrons. The highest BCUT2D eigenvalue weighted by Gasteiger charge is 2.38. The lowest BCUT2D eigenvalue weighted by molar-refractivity contribution is 0.660. The van der Waals surface area contributed by atoms with Crippen molar-refractivity contribution in [1.82, 2.24) is 13.7 Å². The molecule has 0 spiro atoms. The van der Waals surface area contributed by atoms with Gasteiger partial charge in [0.15, 0.2) is 0 Å². The van der Waals surface area contributed by atoms with Gasteiger partial charge >= 0.3 is 0 Å². The molecule has 3 nitrogen and oxygen atoms in total. The number of fused-ring (bicyclic) bond motifs is 15. The van der Waals surface area contributed by atoms with Gasteiger partial charge in [-0.1, -0.05) is 149 Å².